The summed E-state index contributed by atoms with van der Waals surface area (Å²) in [6.07, 6.45) is 37.1. The topological polar surface area (TPSA) is 52.6 Å². The van der Waals surface area contributed by atoms with Gasteiger partial charge in [0.15, 0.2) is 0 Å². The van der Waals surface area contributed by atoms with Crippen molar-refractivity contribution >= 4 is 24.1 Å². The Morgan fingerprint density at radius 3 is 1.02 bits per heavy atom. The Labute approximate surface area is 293 Å². The van der Waals surface area contributed by atoms with E-state index in [4.69, 9.17) is 9.47 Å². The molecule has 0 bridgehead atoms. The van der Waals surface area contributed by atoms with Crippen molar-refractivity contribution in [1.82, 2.24) is 0 Å². The number of hydrogen-bond donors (Lipinski definition) is 0. The van der Waals surface area contributed by atoms with E-state index in [2.05, 4.69) is 13.8 Å². The molecule has 2 aromatic carbocycles. The van der Waals surface area contributed by atoms with Gasteiger partial charge in [-0.05, 0) is 48.2 Å². The molecule has 0 heterocycles. The number of hydrogen-bond acceptors (Lipinski definition) is 4. The van der Waals surface area contributed by atoms with E-state index in [1.165, 1.54) is 103 Å². The SMILES string of the molecule is CCCCCCCCCCCCOC(=O)c1ccc(\C=C/C=C/C=C\c2ccc(C(=O)OCCCCCCCCCCCC)cc2)cc1. The molecule has 2 rings (SSSR count). The zero-order valence-corrected chi connectivity index (χ0v) is 30.3. The molecular formula is C44H64O4. The number of carbonyl (C=O) groups is 2. The van der Waals surface area contributed by atoms with Gasteiger partial charge in [0.2, 0.25) is 0 Å². The molecule has 0 aromatic heterocycles. The van der Waals surface area contributed by atoms with Crippen LogP contribution in [0, 0.1) is 0 Å². The lowest BCUT2D eigenvalue weighted by Crippen LogP contribution is -2.06. The van der Waals surface area contributed by atoms with Gasteiger partial charge < -0.3 is 9.47 Å². The molecule has 48 heavy (non-hydrogen) atoms. The first-order chi connectivity index (χ1) is 23.6. The van der Waals surface area contributed by atoms with E-state index >= 15 is 0 Å². The smallest absolute Gasteiger partial charge is 0.338 e. The van der Waals surface area contributed by atoms with Crippen molar-refractivity contribution in [3.63, 3.8) is 0 Å². The molecule has 4 heteroatoms. The van der Waals surface area contributed by atoms with Crippen LogP contribution in [0.4, 0.5) is 0 Å². The second-order valence-corrected chi connectivity index (χ2v) is 13.0. The van der Waals surface area contributed by atoms with E-state index in [0.29, 0.717) is 24.3 Å². The minimum atomic E-state index is -0.249. The zero-order valence-electron chi connectivity index (χ0n) is 30.3. The van der Waals surface area contributed by atoms with E-state index in [9.17, 15) is 9.59 Å². The van der Waals surface area contributed by atoms with Crippen molar-refractivity contribution < 1.29 is 19.1 Å². The van der Waals surface area contributed by atoms with Gasteiger partial charge in [-0.15, -0.1) is 0 Å². The maximum atomic E-state index is 12.4. The predicted molar refractivity (Wildman–Crippen MR) is 204 cm³/mol. The number of allylic oxidation sites excluding steroid dienone is 4. The predicted octanol–water partition coefficient (Wildman–Crippen LogP) is 13.1. The van der Waals surface area contributed by atoms with Crippen LogP contribution in [-0.2, 0) is 9.47 Å². The first-order valence-electron chi connectivity index (χ1n) is 19.2. The first kappa shape index (κ1) is 40.8. The Balaban J connectivity index is 1.55. The fourth-order valence-electron chi connectivity index (χ4n) is 5.60. The Kier molecular flexibility index (Phi) is 24.3. The standard InChI is InChI=1S/C44H64O4/c1-3-5-7-9-11-13-15-17-21-25-37-47-43(45)41-33-29-39(30-34-41)27-23-19-20-24-28-40-31-35-42(36-32-40)44(46)48-38-26-22-18-16-14-12-10-8-6-4-2/h19-20,23-24,27-36H,3-18,21-22,25-26,37-38H2,1-2H3/b20-19+,27-23-,28-24-. The second kappa shape index (κ2) is 28.6. The summed E-state index contributed by atoms with van der Waals surface area (Å²) in [5.41, 5.74) is 3.22. The van der Waals surface area contributed by atoms with Crippen LogP contribution in [0.3, 0.4) is 0 Å². The highest BCUT2D eigenvalue weighted by molar-refractivity contribution is 5.90. The number of carbonyl (C=O) groups excluding carboxylic acids is 2. The van der Waals surface area contributed by atoms with E-state index in [-0.39, 0.29) is 11.9 Å². The molecule has 0 aliphatic heterocycles. The minimum absolute atomic E-state index is 0.249. The molecular weight excluding hydrogens is 592 g/mol. The molecule has 4 nitrogen and oxygen atoms in total. The largest absolute Gasteiger partial charge is 0.462 e. The van der Waals surface area contributed by atoms with Crippen LogP contribution >= 0.6 is 0 Å². The molecule has 0 spiro atoms. The number of esters is 2. The number of unbranched alkanes of at least 4 members (excludes halogenated alkanes) is 18. The summed E-state index contributed by atoms with van der Waals surface area (Å²) in [5.74, 6) is -0.499. The summed E-state index contributed by atoms with van der Waals surface area (Å²) in [7, 11) is 0. The summed E-state index contributed by atoms with van der Waals surface area (Å²) in [6, 6.07) is 15.0. The van der Waals surface area contributed by atoms with Crippen LogP contribution in [0.1, 0.15) is 174 Å². The molecule has 0 aliphatic rings. The third-order valence-corrected chi connectivity index (χ3v) is 8.67. The lowest BCUT2D eigenvalue weighted by Gasteiger charge is -2.05. The average molecular weight is 657 g/mol. The fourth-order valence-corrected chi connectivity index (χ4v) is 5.60. The molecule has 0 saturated heterocycles. The Bertz CT molecular complexity index is 1080. The molecule has 0 fully saturated rings. The summed E-state index contributed by atoms with van der Waals surface area (Å²) in [4.78, 5) is 24.7. The van der Waals surface area contributed by atoms with Crippen molar-refractivity contribution in [1.29, 1.82) is 0 Å². The molecule has 0 atom stereocenters. The highest BCUT2D eigenvalue weighted by atomic mass is 16.5. The highest BCUT2D eigenvalue weighted by Crippen LogP contribution is 2.14. The molecule has 0 amide bonds. The summed E-state index contributed by atoms with van der Waals surface area (Å²) >= 11 is 0. The number of rotatable bonds is 28. The Hall–Kier alpha value is -3.40. The molecule has 0 saturated carbocycles. The van der Waals surface area contributed by atoms with Gasteiger partial charge in [-0.1, -0.05) is 190 Å². The van der Waals surface area contributed by atoms with Crippen LogP contribution in [0.5, 0.6) is 0 Å². The van der Waals surface area contributed by atoms with Crippen molar-refractivity contribution in [2.24, 2.45) is 0 Å². The maximum Gasteiger partial charge on any atom is 0.338 e. The van der Waals surface area contributed by atoms with Crippen molar-refractivity contribution in [2.45, 2.75) is 142 Å². The third-order valence-electron chi connectivity index (χ3n) is 8.67. The Morgan fingerprint density at radius 1 is 0.417 bits per heavy atom. The van der Waals surface area contributed by atoms with Gasteiger partial charge in [0.25, 0.3) is 0 Å². The molecule has 0 aliphatic carbocycles. The van der Waals surface area contributed by atoms with Crippen LogP contribution < -0.4 is 0 Å². The van der Waals surface area contributed by atoms with Crippen LogP contribution in [0.25, 0.3) is 12.2 Å². The van der Waals surface area contributed by atoms with Crippen LogP contribution in [0.2, 0.25) is 0 Å². The van der Waals surface area contributed by atoms with Crippen LogP contribution in [-0.4, -0.2) is 25.2 Å². The van der Waals surface area contributed by atoms with Gasteiger partial charge in [-0.25, -0.2) is 9.59 Å². The highest BCUT2D eigenvalue weighted by Gasteiger charge is 2.07. The quantitative estimate of drug-likeness (QED) is 0.0519. The first-order valence-corrected chi connectivity index (χ1v) is 19.2. The lowest BCUT2D eigenvalue weighted by molar-refractivity contribution is 0.0488. The molecule has 0 radical (unpaired) electrons. The van der Waals surface area contributed by atoms with Crippen molar-refractivity contribution in [2.75, 3.05) is 13.2 Å². The summed E-state index contributed by atoms with van der Waals surface area (Å²) < 4.78 is 10.9. The molecule has 0 unspecified atom stereocenters. The monoisotopic (exact) mass is 656 g/mol. The average Bonchev–Trinajstić information content (AvgIpc) is 3.11. The zero-order chi connectivity index (χ0) is 34.3. The van der Waals surface area contributed by atoms with Gasteiger partial charge in [0.05, 0.1) is 24.3 Å². The van der Waals surface area contributed by atoms with Crippen molar-refractivity contribution in [3.8, 4) is 0 Å². The molecule has 264 valence electrons. The van der Waals surface area contributed by atoms with Gasteiger partial charge in [-0.3, -0.25) is 0 Å². The fraction of sp³-hybridized carbons (Fsp3) is 0.545. The Morgan fingerprint density at radius 2 is 0.708 bits per heavy atom. The van der Waals surface area contributed by atoms with E-state index in [1.807, 2.05) is 85.0 Å². The van der Waals surface area contributed by atoms with Gasteiger partial charge in [0, 0.05) is 0 Å². The number of benzene rings is 2. The normalized spacial score (nSPS) is 11.6. The van der Waals surface area contributed by atoms with Gasteiger partial charge >= 0.3 is 11.9 Å². The minimum Gasteiger partial charge on any atom is -0.462 e. The third kappa shape index (κ3) is 20.8. The number of ether oxygens (including phenoxy) is 2. The molecule has 2 aromatic rings. The summed E-state index contributed by atoms with van der Waals surface area (Å²) in [6.45, 7) is 5.49. The van der Waals surface area contributed by atoms with E-state index in [1.54, 1.807) is 0 Å². The van der Waals surface area contributed by atoms with Gasteiger partial charge in [-0.2, -0.15) is 0 Å². The summed E-state index contributed by atoms with van der Waals surface area (Å²) in [5, 5.41) is 0. The van der Waals surface area contributed by atoms with E-state index in [0.717, 1.165) is 36.8 Å². The van der Waals surface area contributed by atoms with Crippen LogP contribution in [0.15, 0.2) is 72.8 Å². The lowest BCUT2D eigenvalue weighted by atomic mass is 10.1. The van der Waals surface area contributed by atoms with E-state index < -0.39 is 0 Å². The van der Waals surface area contributed by atoms with Crippen molar-refractivity contribution in [3.05, 3.63) is 95.1 Å². The molecule has 0 N–H and O–H groups in total. The second-order valence-electron chi connectivity index (χ2n) is 13.0. The maximum absolute atomic E-state index is 12.4. The van der Waals surface area contributed by atoms with Gasteiger partial charge in [0.1, 0.15) is 0 Å².